The minimum Gasteiger partial charge on any atom is -0.342 e. The Morgan fingerprint density at radius 1 is 1.05 bits per heavy atom. The number of amides is 1. The third-order valence-electron chi connectivity index (χ3n) is 3.58. The molecule has 2 heteroatoms. The van der Waals surface area contributed by atoms with Gasteiger partial charge in [-0.2, -0.15) is 0 Å². The molecule has 0 fully saturated rings. The van der Waals surface area contributed by atoms with Gasteiger partial charge < -0.3 is 4.90 Å². The number of carbonyl (C=O) groups is 1. The first kappa shape index (κ1) is 15.7. The summed E-state index contributed by atoms with van der Waals surface area (Å²) < 4.78 is 0. The Morgan fingerprint density at radius 2 is 1.53 bits per heavy atom. The summed E-state index contributed by atoms with van der Waals surface area (Å²) in [7, 11) is 0. The van der Waals surface area contributed by atoms with Gasteiger partial charge in [-0.05, 0) is 39.2 Å². The number of aryl methyl sites for hydroxylation is 1. The van der Waals surface area contributed by atoms with E-state index in [0.717, 1.165) is 31.5 Å². The lowest BCUT2D eigenvalue weighted by molar-refractivity contribution is -0.136. The Balaban J connectivity index is 2.96. The van der Waals surface area contributed by atoms with Crippen LogP contribution in [-0.2, 0) is 10.2 Å². The van der Waals surface area contributed by atoms with Crippen molar-refractivity contribution in [3.63, 3.8) is 0 Å². The molecule has 0 saturated heterocycles. The average Bonchev–Trinajstić information content (AvgIpc) is 2.38. The van der Waals surface area contributed by atoms with Gasteiger partial charge in [-0.1, -0.05) is 43.7 Å². The molecular formula is C17H27NO. The summed E-state index contributed by atoms with van der Waals surface area (Å²) in [6, 6.07) is 8.30. The molecular weight excluding hydrogens is 234 g/mol. The van der Waals surface area contributed by atoms with Gasteiger partial charge in [0, 0.05) is 13.1 Å². The number of rotatable bonds is 6. The fourth-order valence-corrected chi connectivity index (χ4v) is 2.34. The third kappa shape index (κ3) is 3.82. The molecule has 0 aliphatic carbocycles. The summed E-state index contributed by atoms with van der Waals surface area (Å²) in [5.74, 6) is 0.236. The van der Waals surface area contributed by atoms with Crippen LogP contribution in [-0.4, -0.2) is 23.9 Å². The number of carbonyl (C=O) groups excluding carboxylic acids is 1. The summed E-state index contributed by atoms with van der Waals surface area (Å²) in [6.45, 7) is 12.1. The maximum Gasteiger partial charge on any atom is 0.232 e. The van der Waals surface area contributed by atoms with Gasteiger partial charge in [-0.3, -0.25) is 4.79 Å². The molecule has 0 unspecified atom stereocenters. The minimum absolute atomic E-state index is 0.236. The van der Waals surface area contributed by atoms with Crippen molar-refractivity contribution in [2.24, 2.45) is 0 Å². The Kier molecular flexibility index (Phi) is 5.59. The van der Waals surface area contributed by atoms with Crippen LogP contribution >= 0.6 is 0 Å². The van der Waals surface area contributed by atoms with Crippen molar-refractivity contribution in [1.29, 1.82) is 0 Å². The van der Waals surface area contributed by atoms with Crippen molar-refractivity contribution < 1.29 is 4.79 Å². The fourth-order valence-electron chi connectivity index (χ4n) is 2.34. The molecule has 19 heavy (non-hydrogen) atoms. The predicted molar refractivity (Wildman–Crippen MR) is 81.4 cm³/mol. The van der Waals surface area contributed by atoms with Crippen LogP contribution < -0.4 is 0 Å². The van der Waals surface area contributed by atoms with Crippen LogP contribution in [0.1, 0.15) is 51.7 Å². The summed E-state index contributed by atoms with van der Waals surface area (Å²) in [4.78, 5) is 14.8. The quantitative estimate of drug-likeness (QED) is 0.760. The van der Waals surface area contributed by atoms with Gasteiger partial charge in [0.15, 0.2) is 0 Å². The van der Waals surface area contributed by atoms with Crippen LogP contribution in [0.15, 0.2) is 24.3 Å². The zero-order valence-corrected chi connectivity index (χ0v) is 13.0. The Bertz CT molecular complexity index is 400. The van der Waals surface area contributed by atoms with Crippen molar-refractivity contribution in [3.05, 3.63) is 35.4 Å². The summed E-state index contributed by atoms with van der Waals surface area (Å²) in [5, 5.41) is 0. The van der Waals surface area contributed by atoms with E-state index in [4.69, 9.17) is 0 Å². The highest BCUT2D eigenvalue weighted by molar-refractivity contribution is 5.87. The third-order valence-corrected chi connectivity index (χ3v) is 3.58. The van der Waals surface area contributed by atoms with Crippen molar-refractivity contribution in [2.45, 2.75) is 52.9 Å². The fraction of sp³-hybridized carbons (Fsp3) is 0.588. The van der Waals surface area contributed by atoms with Gasteiger partial charge in [0.05, 0.1) is 5.41 Å². The normalized spacial score (nSPS) is 11.4. The molecule has 1 rings (SSSR count). The average molecular weight is 261 g/mol. The van der Waals surface area contributed by atoms with E-state index in [0.29, 0.717) is 0 Å². The molecule has 0 N–H and O–H groups in total. The molecule has 0 bridgehead atoms. The molecule has 0 aromatic heterocycles. The molecule has 0 atom stereocenters. The highest BCUT2D eigenvalue weighted by Crippen LogP contribution is 2.26. The van der Waals surface area contributed by atoms with E-state index < -0.39 is 5.41 Å². The van der Waals surface area contributed by atoms with E-state index in [1.54, 1.807) is 0 Å². The molecule has 0 spiro atoms. The van der Waals surface area contributed by atoms with Crippen LogP contribution in [0.4, 0.5) is 0 Å². The van der Waals surface area contributed by atoms with Crippen molar-refractivity contribution >= 4 is 5.91 Å². The summed E-state index contributed by atoms with van der Waals surface area (Å²) in [6.07, 6.45) is 2.02. The zero-order chi connectivity index (χ0) is 14.5. The van der Waals surface area contributed by atoms with Gasteiger partial charge in [0.25, 0.3) is 0 Å². The molecule has 1 aromatic carbocycles. The Hall–Kier alpha value is -1.31. The highest BCUT2D eigenvalue weighted by Gasteiger charge is 2.33. The van der Waals surface area contributed by atoms with E-state index in [-0.39, 0.29) is 5.91 Å². The summed E-state index contributed by atoms with van der Waals surface area (Å²) in [5.41, 5.74) is 1.88. The lowest BCUT2D eigenvalue weighted by Crippen LogP contribution is -2.44. The molecule has 2 nitrogen and oxygen atoms in total. The molecule has 0 radical (unpaired) electrons. The topological polar surface area (TPSA) is 20.3 Å². The lowest BCUT2D eigenvalue weighted by Gasteiger charge is -2.32. The smallest absolute Gasteiger partial charge is 0.232 e. The van der Waals surface area contributed by atoms with Gasteiger partial charge in [-0.25, -0.2) is 0 Å². The van der Waals surface area contributed by atoms with E-state index in [1.165, 1.54) is 5.56 Å². The Labute approximate surface area is 117 Å². The zero-order valence-electron chi connectivity index (χ0n) is 13.0. The first-order valence-electron chi connectivity index (χ1n) is 7.30. The van der Waals surface area contributed by atoms with Crippen LogP contribution in [0, 0.1) is 6.92 Å². The second kappa shape index (κ2) is 6.74. The molecule has 1 aromatic rings. The largest absolute Gasteiger partial charge is 0.342 e. The molecule has 106 valence electrons. The van der Waals surface area contributed by atoms with Gasteiger partial charge >= 0.3 is 0 Å². The van der Waals surface area contributed by atoms with Crippen molar-refractivity contribution in [2.75, 3.05) is 13.1 Å². The van der Waals surface area contributed by atoms with Gasteiger partial charge in [0.1, 0.15) is 0 Å². The van der Waals surface area contributed by atoms with Crippen LogP contribution in [0.2, 0.25) is 0 Å². The van der Waals surface area contributed by atoms with E-state index in [9.17, 15) is 4.79 Å². The molecule has 0 saturated carbocycles. The van der Waals surface area contributed by atoms with E-state index >= 15 is 0 Å². The number of nitrogens with zero attached hydrogens (tertiary/aromatic N) is 1. The minimum atomic E-state index is -0.446. The molecule has 0 heterocycles. The number of benzene rings is 1. The second-order valence-electron chi connectivity index (χ2n) is 5.78. The Morgan fingerprint density at radius 3 is 1.95 bits per heavy atom. The number of hydrogen-bond donors (Lipinski definition) is 0. The van der Waals surface area contributed by atoms with Crippen LogP contribution in [0.5, 0.6) is 0 Å². The lowest BCUT2D eigenvalue weighted by atomic mass is 9.82. The monoisotopic (exact) mass is 261 g/mol. The first-order valence-corrected chi connectivity index (χ1v) is 7.30. The molecule has 0 aliphatic heterocycles. The maximum atomic E-state index is 12.8. The van der Waals surface area contributed by atoms with Gasteiger partial charge in [0.2, 0.25) is 5.91 Å². The first-order chi connectivity index (χ1) is 8.93. The number of hydrogen-bond acceptors (Lipinski definition) is 1. The van der Waals surface area contributed by atoms with Crippen LogP contribution in [0.3, 0.4) is 0 Å². The van der Waals surface area contributed by atoms with Crippen molar-refractivity contribution in [1.82, 2.24) is 4.90 Å². The van der Waals surface area contributed by atoms with E-state index in [1.807, 2.05) is 18.7 Å². The van der Waals surface area contributed by atoms with E-state index in [2.05, 4.69) is 45.0 Å². The SMILES string of the molecule is CCCN(CCC)C(=O)C(C)(C)c1ccc(C)cc1. The van der Waals surface area contributed by atoms with Crippen molar-refractivity contribution in [3.8, 4) is 0 Å². The predicted octanol–water partition coefficient (Wildman–Crippen LogP) is 3.92. The summed E-state index contributed by atoms with van der Waals surface area (Å²) >= 11 is 0. The maximum absolute atomic E-state index is 12.8. The molecule has 1 amide bonds. The van der Waals surface area contributed by atoms with Crippen LogP contribution in [0.25, 0.3) is 0 Å². The molecule has 0 aliphatic rings. The highest BCUT2D eigenvalue weighted by atomic mass is 16.2. The second-order valence-corrected chi connectivity index (χ2v) is 5.78. The van der Waals surface area contributed by atoms with Gasteiger partial charge in [-0.15, -0.1) is 0 Å². The standard InChI is InChI=1S/C17H27NO/c1-6-12-18(13-7-2)16(19)17(4,5)15-10-8-14(3)9-11-15/h8-11H,6-7,12-13H2,1-5H3.